The Hall–Kier alpha value is -3.32. The van der Waals surface area contributed by atoms with E-state index in [9.17, 15) is 9.90 Å². The van der Waals surface area contributed by atoms with Crippen LogP contribution in [-0.4, -0.2) is 49.2 Å². The summed E-state index contributed by atoms with van der Waals surface area (Å²) in [6.45, 7) is 6.58. The van der Waals surface area contributed by atoms with Crippen LogP contribution in [0.4, 0.5) is 0 Å². The summed E-state index contributed by atoms with van der Waals surface area (Å²) in [5.41, 5.74) is 3.48. The first-order valence-electron chi connectivity index (χ1n) is 10.1. The lowest BCUT2D eigenvalue weighted by Gasteiger charge is -2.18. The molecule has 1 fully saturated rings. The Kier molecular flexibility index (Phi) is 4.11. The van der Waals surface area contributed by atoms with Gasteiger partial charge in [0.1, 0.15) is 11.3 Å². The number of rotatable bonds is 3. The predicted molar refractivity (Wildman–Crippen MR) is 114 cm³/mol. The van der Waals surface area contributed by atoms with Gasteiger partial charge in [-0.2, -0.15) is 5.10 Å². The first-order valence-corrected chi connectivity index (χ1v) is 10.1. The number of ether oxygens (including phenoxy) is 1. The summed E-state index contributed by atoms with van der Waals surface area (Å²) in [4.78, 5) is 18.1. The molecule has 1 aliphatic heterocycles. The Balaban J connectivity index is 1.51. The number of hydrogen-bond donors (Lipinski definition) is 2. The van der Waals surface area contributed by atoms with Gasteiger partial charge in [0.15, 0.2) is 5.75 Å². The van der Waals surface area contributed by atoms with Gasteiger partial charge in [-0.05, 0) is 57.0 Å². The molecule has 5 rings (SSSR count). The Labute approximate surface area is 173 Å². The van der Waals surface area contributed by atoms with Crippen LogP contribution in [0.2, 0.25) is 0 Å². The minimum atomic E-state index is -0.829. The Morgan fingerprint density at radius 3 is 2.87 bits per heavy atom. The Morgan fingerprint density at radius 2 is 2.10 bits per heavy atom. The highest BCUT2D eigenvalue weighted by Crippen LogP contribution is 2.33. The van der Waals surface area contributed by atoms with E-state index in [0.29, 0.717) is 30.8 Å². The molecule has 0 bridgehead atoms. The van der Waals surface area contributed by atoms with E-state index in [0.717, 1.165) is 33.4 Å². The average molecular weight is 404 g/mol. The molecule has 30 heavy (non-hydrogen) atoms. The van der Waals surface area contributed by atoms with Gasteiger partial charge >= 0.3 is 0 Å². The molecule has 7 nitrogen and oxygen atoms in total. The van der Waals surface area contributed by atoms with Gasteiger partial charge in [-0.25, -0.2) is 4.52 Å². The largest absolute Gasteiger partial charge is 0.455 e. The maximum atomic E-state index is 13.1. The molecule has 154 valence electrons. The number of aromatic nitrogens is 3. The number of aryl methyl sites for hydroxylation is 2. The van der Waals surface area contributed by atoms with Gasteiger partial charge in [0.25, 0.3) is 5.91 Å². The summed E-state index contributed by atoms with van der Waals surface area (Å²) in [5.74, 6) is 1.27. The molecule has 3 aromatic heterocycles. The van der Waals surface area contributed by atoms with Crippen LogP contribution in [-0.2, 0) is 0 Å². The van der Waals surface area contributed by atoms with Crippen molar-refractivity contribution in [1.29, 1.82) is 0 Å². The first kappa shape index (κ1) is 18.7. The van der Waals surface area contributed by atoms with Crippen molar-refractivity contribution in [3.63, 3.8) is 0 Å². The second kappa shape index (κ2) is 6.60. The maximum Gasteiger partial charge on any atom is 0.255 e. The summed E-state index contributed by atoms with van der Waals surface area (Å²) in [6.07, 6.45) is 3.99. The molecule has 1 amide bonds. The molecule has 0 spiro atoms. The molecule has 0 saturated carbocycles. The summed E-state index contributed by atoms with van der Waals surface area (Å²) in [6, 6.07) is 9.80. The predicted octanol–water partition coefficient (Wildman–Crippen LogP) is 3.82. The number of aliphatic hydroxyl groups is 1. The van der Waals surface area contributed by atoms with Crippen LogP contribution in [0.1, 0.15) is 35.0 Å². The van der Waals surface area contributed by atoms with Gasteiger partial charge < -0.3 is 19.7 Å². The number of aromatic amines is 1. The van der Waals surface area contributed by atoms with Crippen molar-refractivity contribution < 1.29 is 14.6 Å². The number of benzene rings is 1. The van der Waals surface area contributed by atoms with Crippen LogP contribution in [0.5, 0.6) is 11.5 Å². The van der Waals surface area contributed by atoms with E-state index in [1.807, 2.05) is 38.1 Å². The Bertz CT molecular complexity index is 1280. The number of amides is 1. The van der Waals surface area contributed by atoms with Crippen LogP contribution < -0.4 is 4.74 Å². The molecule has 4 heterocycles. The third kappa shape index (κ3) is 3.11. The van der Waals surface area contributed by atoms with Gasteiger partial charge in [0.05, 0.1) is 17.4 Å². The van der Waals surface area contributed by atoms with Gasteiger partial charge in [-0.15, -0.1) is 0 Å². The lowest BCUT2D eigenvalue weighted by atomic mass is 10.1. The Morgan fingerprint density at radius 1 is 1.27 bits per heavy atom. The van der Waals surface area contributed by atoms with E-state index in [2.05, 4.69) is 16.1 Å². The fraction of sp³-hybridized carbons (Fsp3) is 0.304. The van der Waals surface area contributed by atoms with Crippen LogP contribution in [0.25, 0.3) is 16.4 Å². The molecule has 1 aromatic carbocycles. The van der Waals surface area contributed by atoms with Crippen molar-refractivity contribution in [2.75, 3.05) is 13.1 Å². The monoisotopic (exact) mass is 404 g/mol. The summed E-state index contributed by atoms with van der Waals surface area (Å²) < 4.78 is 7.89. The number of H-pyrrole nitrogens is 1. The van der Waals surface area contributed by atoms with Crippen molar-refractivity contribution in [1.82, 2.24) is 19.5 Å². The third-order valence-electron chi connectivity index (χ3n) is 5.81. The number of β-amino-alcohol motifs (C(OH)–C–C–N with tert-alkyl or cyclic N) is 1. The van der Waals surface area contributed by atoms with E-state index in [1.165, 1.54) is 0 Å². The molecular weight excluding hydrogens is 380 g/mol. The highest BCUT2D eigenvalue weighted by molar-refractivity contribution is 5.98. The van der Waals surface area contributed by atoms with Gasteiger partial charge in [-0.3, -0.25) is 4.79 Å². The van der Waals surface area contributed by atoms with Crippen LogP contribution in [0.3, 0.4) is 0 Å². The summed E-state index contributed by atoms with van der Waals surface area (Å²) in [7, 11) is 0. The number of likely N-dealkylation sites (tertiary alicyclic amines) is 1. The van der Waals surface area contributed by atoms with Gasteiger partial charge in [0, 0.05) is 41.9 Å². The number of carbonyl (C=O) groups excluding carboxylic acids is 1. The van der Waals surface area contributed by atoms with Gasteiger partial charge in [0.2, 0.25) is 0 Å². The normalized spacial score (nSPS) is 19.1. The maximum absolute atomic E-state index is 13.1. The molecule has 1 aliphatic rings. The molecule has 1 atom stereocenters. The number of hydrogen-bond acceptors (Lipinski definition) is 4. The average Bonchev–Trinajstić information content (AvgIpc) is 3.35. The topological polar surface area (TPSA) is 82.9 Å². The van der Waals surface area contributed by atoms with Gasteiger partial charge in [-0.1, -0.05) is 0 Å². The van der Waals surface area contributed by atoms with E-state index in [4.69, 9.17) is 4.74 Å². The van der Waals surface area contributed by atoms with Crippen molar-refractivity contribution >= 4 is 22.3 Å². The highest BCUT2D eigenvalue weighted by atomic mass is 16.5. The third-order valence-corrected chi connectivity index (χ3v) is 5.81. The lowest BCUT2D eigenvalue weighted by molar-refractivity contribution is 0.0572. The van der Waals surface area contributed by atoms with Crippen molar-refractivity contribution in [3.05, 3.63) is 59.5 Å². The number of fused-ring (bicyclic) bond motifs is 2. The fourth-order valence-corrected chi connectivity index (χ4v) is 4.26. The molecular formula is C23H24N4O3. The molecule has 0 radical (unpaired) electrons. The van der Waals surface area contributed by atoms with Crippen LogP contribution in [0.15, 0.2) is 42.7 Å². The molecule has 4 aromatic rings. The standard InChI is InChI=1S/C23H24N4O3/c1-14-10-16-11-17(4-5-19(16)25-14)30-20-6-8-24-27-12-18(15(2)21(20)27)22(28)26-9-7-23(3,29)13-26/h4-6,8,10-12,25,29H,7,9,13H2,1-3H3/t23-/m0/s1. The lowest BCUT2D eigenvalue weighted by Crippen LogP contribution is -2.34. The van der Waals surface area contributed by atoms with Crippen molar-refractivity contribution in [3.8, 4) is 11.5 Å². The smallest absolute Gasteiger partial charge is 0.255 e. The van der Waals surface area contributed by atoms with Crippen molar-refractivity contribution in [2.45, 2.75) is 32.8 Å². The number of nitrogens with one attached hydrogen (secondary N) is 1. The van der Waals surface area contributed by atoms with E-state index < -0.39 is 5.60 Å². The zero-order valence-corrected chi connectivity index (χ0v) is 17.3. The highest BCUT2D eigenvalue weighted by Gasteiger charge is 2.35. The van der Waals surface area contributed by atoms with E-state index >= 15 is 0 Å². The summed E-state index contributed by atoms with van der Waals surface area (Å²) in [5, 5.41) is 15.7. The zero-order chi connectivity index (χ0) is 21.0. The second-order valence-corrected chi connectivity index (χ2v) is 8.43. The summed E-state index contributed by atoms with van der Waals surface area (Å²) >= 11 is 0. The minimum Gasteiger partial charge on any atom is -0.455 e. The zero-order valence-electron chi connectivity index (χ0n) is 17.3. The van der Waals surface area contributed by atoms with E-state index in [1.54, 1.807) is 28.7 Å². The second-order valence-electron chi connectivity index (χ2n) is 8.43. The first-order chi connectivity index (χ1) is 14.3. The molecule has 2 N–H and O–H groups in total. The van der Waals surface area contributed by atoms with Crippen molar-refractivity contribution in [2.24, 2.45) is 0 Å². The van der Waals surface area contributed by atoms with Crippen LogP contribution >= 0.6 is 0 Å². The molecule has 0 aliphatic carbocycles. The molecule has 7 heteroatoms. The van der Waals surface area contributed by atoms with Crippen LogP contribution in [0, 0.1) is 13.8 Å². The molecule has 0 unspecified atom stereocenters. The number of nitrogens with zero attached hydrogens (tertiary/aromatic N) is 3. The fourth-order valence-electron chi connectivity index (χ4n) is 4.26. The van der Waals surface area contributed by atoms with E-state index in [-0.39, 0.29) is 5.91 Å². The quantitative estimate of drug-likeness (QED) is 0.544. The SMILES string of the molecule is Cc1cc2cc(Oc3ccnn4cc(C(=O)N5CC[C@](C)(O)C5)c(C)c34)ccc2[nH]1. The minimum absolute atomic E-state index is 0.0917. The number of carbonyl (C=O) groups is 1. The molecule has 1 saturated heterocycles.